The van der Waals surface area contributed by atoms with E-state index < -0.39 is 10.8 Å². The van der Waals surface area contributed by atoms with E-state index in [4.69, 9.17) is 0 Å². The Morgan fingerprint density at radius 2 is 2.12 bits per heavy atom. The van der Waals surface area contributed by atoms with Crippen LogP contribution in [0.3, 0.4) is 0 Å². The smallest absolute Gasteiger partial charge is 0.194 e. The number of aliphatic imine (C=N–C) groups is 1. The van der Waals surface area contributed by atoms with E-state index in [1.165, 1.54) is 0 Å². The lowest BCUT2D eigenvalue weighted by atomic mass is 10.2. The van der Waals surface area contributed by atoms with Crippen LogP contribution in [-0.2, 0) is 23.1 Å². The number of nitrogens with one attached hydrogen (secondary N) is 1. The van der Waals surface area contributed by atoms with E-state index in [2.05, 4.69) is 25.6 Å². The number of rotatable bonds is 8. The minimum absolute atomic E-state index is 0.544. The van der Waals surface area contributed by atoms with Crippen LogP contribution >= 0.6 is 11.3 Å². The molecular weight excluding hydrogens is 352 g/mol. The summed E-state index contributed by atoms with van der Waals surface area (Å²) in [6.07, 6.45) is 0. The maximum atomic E-state index is 12.2. The number of guanidine groups is 1. The molecule has 0 spiro atoms. The van der Waals surface area contributed by atoms with Crippen molar-refractivity contribution in [1.82, 2.24) is 15.2 Å². The average molecular weight is 379 g/mol. The number of hydrogen-bond donors (Lipinski definition) is 1. The van der Waals surface area contributed by atoms with Crippen LogP contribution in [0.4, 0.5) is 0 Å². The van der Waals surface area contributed by atoms with Crippen LogP contribution in [0.1, 0.15) is 23.2 Å². The van der Waals surface area contributed by atoms with Gasteiger partial charge in [-0.15, -0.1) is 11.3 Å². The highest BCUT2D eigenvalue weighted by Crippen LogP contribution is 2.10. The van der Waals surface area contributed by atoms with Gasteiger partial charge in [0.25, 0.3) is 0 Å². The van der Waals surface area contributed by atoms with E-state index >= 15 is 0 Å². The molecule has 0 amide bonds. The molecule has 2 rings (SSSR count). The summed E-state index contributed by atoms with van der Waals surface area (Å²) < 4.78 is 12.2. The third-order valence-corrected chi connectivity index (χ3v) is 5.63. The average Bonchev–Trinajstić information content (AvgIpc) is 2.99. The Hall–Kier alpha value is -1.73. The van der Waals surface area contributed by atoms with Gasteiger partial charge in [0.2, 0.25) is 0 Å². The molecule has 0 bridgehead atoms. The van der Waals surface area contributed by atoms with Gasteiger partial charge in [0.05, 0.1) is 23.8 Å². The predicted molar refractivity (Wildman–Crippen MR) is 107 cm³/mol. The first-order valence-electron chi connectivity index (χ1n) is 8.38. The molecule has 1 N–H and O–H groups in total. The second-order valence-electron chi connectivity index (χ2n) is 5.72. The first-order chi connectivity index (χ1) is 12.1. The summed E-state index contributed by atoms with van der Waals surface area (Å²) in [6.45, 7) is 6.11. The van der Waals surface area contributed by atoms with Crippen molar-refractivity contribution >= 4 is 28.1 Å². The number of nitrogens with zero attached hydrogens (tertiary/aromatic N) is 3. The van der Waals surface area contributed by atoms with Crippen LogP contribution in [0.2, 0.25) is 0 Å². The van der Waals surface area contributed by atoms with Gasteiger partial charge in [0, 0.05) is 41.3 Å². The summed E-state index contributed by atoms with van der Waals surface area (Å²) in [5.74, 6) is 1.97. The van der Waals surface area contributed by atoms with E-state index in [-0.39, 0.29) is 0 Å². The van der Waals surface area contributed by atoms with Gasteiger partial charge in [-0.05, 0) is 19.4 Å². The maximum Gasteiger partial charge on any atom is 0.194 e. The first-order valence-corrected chi connectivity index (χ1v) is 10.7. The van der Waals surface area contributed by atoms with Crippen LogP contribution in [0, 0.1) is 6.92 Å². The molecule has 1 atom stereocenters. The van der Waals surface area contributed by atoms with Crippen molar-refractivity contribution in [2.45, 2.75) is 26.1 Å². The summed E-state index contributed by atoms with van der Waals surface area (Å²) >= 11 is 1.66. The minimum Gasteiger partial charge on any atom is -0.357 e. The standard InChI is InChI=1S/C18H26N4OS2/c1-4-19-18(22(3)12-17-13-24-15(2)21-17)20-10-11-25(23)14-16-8-6-5-7-9-16/h5-9,13H,4,10-12,14H2,1-3H3,(H,19,20). The van der Waals surface area contributed by atoms with Gasteiger partial charge in [0.1, 0.15) is 0 Å². The van der Waals surface area contributed by atoms with Gasteiger partial charge in [-0.2, -0.15) is 0 Å². The van der Waals surface area contributed by atoms with Gasteiger partial charge < -0.3 is 10.2 Å². The minimum atomic E-state index is -0.903. The fraction of sp³-hybridized carbons (Fsp3) is 0.444. The highest BCUT2D eigenvalue weighted by Gasteiger charge is 2.09. The van der Waals surface area contributed by atoms with Crippen molar-refractivity contribution in [3.63, 3.8) is 0 Å². The lowest BCUT2D eigenvalue weighted by Crippen LogP contribution is -2.38. The summed E-state index contributed by atoms with van der Waals surface area (Å²) in [5.41, 5.74) is 2.15. The Morgan fingerprint density at radius 1 is 1.36 bits per heavy atom. The van der Waals surface area contributed by atoms with E-state index in [1.807, 2.05) is 51.2 Å². The number of aromatic nitrogens is 1. The van der Waals surface area contributed by atoms with Crippen molar-refractivity contribution in [3.05, 3.63) is 52.0 Å². The summed E-state index contributed by atoms with van der Waals surface area (Å²) in [7, 11) is 1.09. The Morgan fingerprint density at radius 3 is 2.76 bits per heavy atom. The molecule has 0 aliphatic heterocycles. The number of thiazole rings is 1. The predicted octanol–water partition coefficient (Wildman–Crippen LogP) is 2.80. The SMILES string of the molecule is CCNC(=NCCS(=O)Cc1ccccc1)N(C)Cc1csc(C)n1. The van der Waals surface area contributed by atoms with Crippen molar-refractivity contribution in [3.8, 4) is 0 Å². The highest BCUT2D eigenvalue weighted by molar-refractivity contribution is 7.84. The fourth-order valence-corrected chi connectivity index (χ4v) is 3.96. The van der Waals surface area contributed by atoms with Crippen molar-refractivity contribution in [2.24, 2.45) is 4.99 Å². The molecule has 0 radical (unpaired) electrons. The molecule has 0 aliphatic rings. The summed E-state index contributed by atoms with van der Waals surface area (Å²) in [4.78, 5) is 11.2. The zero-order chi connectivity index (χ0) is 18.1. The molecule has 0 saturated heterocycles. The molecule has 1 heterocycles. The largest absolute Gasteiger partial charge is 0.357 e. The van der Waals surface area contributed by atoms with Crippen LogP contribution in [0.15, 0.2) is 40.7 Å². The molecule has 0 saturated carbocycles. The van der Waals surface area contributed by atoms with Gasteiger partial charge in [-0.1, -0.05) is 30.3 Å². The first kappa shape index (κ1) is 19.6. The fourth-order valence-electron chi connectivity index (χ4n) is 2.35. The zero-order valence-corrected chi connectivity index (χ0v) is 16.7. The molecule has 25 heavy (non-hydrogen) atoms. The molecule has 0 fully saturated rings. The van der Waals surface area contributed by atoms with Crippen molar-refractivity contribution < 1.29 is 4.21 Å². The molecule has 136 valence electrons. The Bertz CT molecular complexity index is 700. The molecule has 5 nitrogen and oxygen atoms in total. The van der Waals surface area contributed by atoms with E-state index in [0.717, 1.165) is 28.8 Å². The molecule has 2 aromatic rings. The van der Waals surface area contributed by atoms with Gasteiger partial charge in [0.15, 0.2) is 5.96 Å². The van der Waals surface area contributed by atoms with Gasteiger partial charge >= 0.3 is 0 Å². The Labute approximate surface area is 156 Å². The monoisotopic (exact) mass is 378 g/mol. The highest BCUT2D eigenvalue weighted by atomic mass is 32.2. The normalized spacial score (nSPS) is 12.8. The molecule has 1 aromatic carbocycles. The van der Waals surface area contributed by atoms with Crippen LogP contribution in [-0.4, -0.2) is 45.9 Å². The Balaban J connectivity index is 1.86. The quantitative estimate of drug-likeness (QED) is 0.567. The Kier molecular flexibility index (Phi) is 8.08. The van der Waals surface area contributed by atoms with Crippen molar-refractivity contribution in [1.29, 1.82) is 0 Å². The second-order valence-corrected chi connectivity index (χ2v) is 8.36. The lowest BCUT2D eigenvalue weighted by molar-refractivity contribution is 0.471. The van der Waals surface area contributed by atoms with E-state index in [9.17, 15) is 4.21 Å². The zero-order valence-electron chi connectivity index (χ0n) is 15.1. The molecule has 7 heteroatoms. The second kappa shape index (κ2) is 10.3. The maximum absolute atomic E-state index is 12.2. The number of hydrogen-bond acceptors (Lipinski definition) is 4. The van der Waals surface area contributed by atoms with Crippen LogP contribution in [0.25, 0.3) is 0 Å². The molecule has 1 unspecified atom stereocenters. The van der Waals surface area contributed by atoms with Crippen molar-refractivity contribution in [2.75, 3.05) is 25.9 Å². The summed E-state index contributed by atoms with van der Waals surface area (Å²) in [6, 6.07) is 9.94. The summed E-state index contributed by atoms with van der Waals surface area (Å²) in [5, 5.41) is 6.43. The molecule has 1 aromatic heterocycles. The van der Waals surface area contributed by atoms with Gasteiger partial charge in [-0.25, -0.2) is 4.98 Å². The number of aryl methyl sites for hydroxylation is 1. The third kappa shape index (κ3) is 6.96. The number of benzene rings is 1. The van der Waals surface area contributed by atoms with E-state index in [0.29, 0.717) is 24.6 Å². The van der Waals surface area contributed by atoms with E-state index in [1.54, 1.807) is 11.3 Å². The molecular formula is C18H26N4OS2. The van der Waals surface area contributed by atoms with Gasteiger partial charge in [-0.3, -0.25) is 9.20 Å². The van der Waals surface area contributed by atoms with Crippen LogP contribution < -0.4 is 5.32 Å². The lowest BCUT2D eigenvalue weighted by Gasteiger charge is -2.21. The molecule has 0 aliphatic carbocycles. The topological polar surface area (TPSA) is 57.6 Å². The van der Waals surface area contributed by atoms with Crippen LogP contribution in [0.5, 0.6) is 0 Å². The third-order valence-electron chi connectivity index (χ3n) is 3.51.